The van der Waals surface area contributed by atoms with Crippen LogP contribution in [0.4, 0.5) is 11.5 Å². The first-order valence-electron chi connectivity index (χ1n) is 8.52. The van der Waals surface area contributed by atoms with Gasteiger partial charge in [0.1, 0.15) is 5.82 Å². The molecule has 2 aliphatic rings. The molecule has 0 bridgehead atoms. The summed E-state index contributed by atoms with van der Waals surface area (Å²) >= 11 is 5.39. The predicted octanol–water partition coefficient (Wildman–Crippen LogP) is 3.69. The number of nitrogens with zero attached hydrogens (tertiary/aromatic N) is 2. The average Bonchev–Trinajstić information content (AvgIpc) is 3.01. The monoisotopic (exact) mass is 318 g/mol. The highest BCUT2D eigenvalue weighted by atomic mass is 32.1. The number of rotatable bonds is 3. The van der Waals surface area contributed by atoms with Crippen LogP contribution in [0.2, 0.25) is 0 Å². The molecular weight excluding hydrogens is 292 g/mol. The number of hydrogen-bond donors (Lipinski definition) is 2. The lowest BCUT2D eigenvalue weighted by Crippen LogP contribution is -2.38. The molecule has 2 heterocycles. The van der Waals surface area contributed by atoms with Crippen molar-refractivity contribution >= 4 is 28.8 Å². The molecule has 120 valence electrons. The zero-order chi connectivity index (χ0) is 15.4. The molecule has 3 rings (SSSR count). The van der Waals surface area contributed by atoms with Crippen LogP contribution >= 0.6 is 12.2 Å². The Balaban J connectivity index is 1.55. The lowest BCUT2D eigenvalue weighted by Gasteiger charge is -2.34. The molecule has 2 fully saturated rings. The van der Waals surface area contributed by atoms with E-state index < -0.39 is 0 Å². The maximum Gasteiger partial charge on any atom is 0.171 e. The zero-order valence-electron chi connectivity index (χ0n) is 13.3. The van der Waals surface area contributed by atoms with Gasteiger partial charge in [-0.1, -0.05) is 12.8 Å². The second kappa shape index (κ2) is 7.27. The van der Waals surface area contributed by atoms with E-state index >= 15 is 0 Å². The Hall–Kier alpha value is -1.36. The SMILES string of the molecule is C[C@@H]1CCCCN1c1ccc(NC(=S)NC2CCCC2)cn1. The molecule has 0 unspecified atom stereocenters. The standard InChI is InChI=1S/C17H26N4S/c1-13-6-4-5-11-21(13)16-10-9-15(12-18-16)20-17(22)19-14-7-2-3-8-14/h9-10,12-14H,2-8,11H2,1H3,(H2,19,20,22)/t13-/m1/s1. The van der Waals surface area contributed by atoms with E-state index in [-0.39, 0.29) is 0 Å². The van der Waals surface area contributed by atoms with Gasteiger partial charge in [-0.2, -0.15) is 0 Å². The van der Waals surface area contributed by atoms with Gasteiger partial charge in [-0.15, -0.1) is 0 Å². The van der Waals surface area contributed by atoms with Gasteiger partial charge in [0.2, 0.25) is 0 Å². The third kappa shape index (κ3) is 3.88. The summed E-state index contributed by atoms with van der Waals surface area (Å²) in [4.78, 5) is 7.02. The van der Waals surface area contributed by atoms with E-state index in [9.17, 15) is 0 Å². The molecule has 1 saturated heterocycles. The van der Waals surface area contributed by atoms with E-state index in [2.05, 4.69) is 39.6 Å². The first-order valence-corrected chi connectivity index (χ1v) is 8.93. The number of nitrogens with one attached hydrogen (secondary N) is 2. The molecule has 1 atom stereocenters. The number of piperidine rings is 1. The van der Waals surface area contributed by atoms with Gasteiger partial charge in [-0.3, -0.25) is 0 Å². The number of anilines is 2. The van der Waals surface area contributed by atoms with Gasteiger partial charge in [-0.25, -0.2) is 4.98 Å². The van der Waals surface area contributed by atoms with Gasteiger partial charge in [0, 0.05) is 18.6 Å². The third-order valence-corrected chi connectivity index (χ3v) is 5.01. The molecule has 1 aromatic heterocycles. The average molecular weight is 318 g/mol. The van der Waals surface area contributed by atoms with E-state index in [1.165, 1.54) is 44.9 Å². The molecule has 1 aromatic rings. The van der Waals surface area contributed by atoms with E-state index in [0.717, 1.165) is 18.1 Å². The van der Waals surface area contributed by atoms with Crippen LogP contribution in [0.3, 0.4) is 0 Å². The second-order valence-electron chi connectivity index (χ2n) is 6.52. The summed E-state index contributed by atoms with van der Waals surface area (Å²) in [6.45, 7) is 3.40. The van der Waals surface area contributed by atoms with Gasteiger partial charge >= 0.3 is 0 Å². The summed E-state index contributed by atoms with van der Waals surface area (Å²) in [6, 6.07) is 5.31. The van der Waals surface area contributed by atoms with E-state index in [4.69, 9.17) is 12.2 Å². The van der Waals surface area contributed by atoms with Gasteiger partial charge in [0.05, 0.1) is 11.9 Å². The first kappa shape index (κ1) is 15.5. The van der Waals surface area contributed by atoms with Crippen molar-refractivity contribution < 1.29 is 0 Å². The Bertz CT molecular complexity index is 496. The smallest absolute Gasteiger partial charge is 0.171 e. The molecular formula is C17H26N4S. The van der Waals surface area contributed by atoms with Crippen molar-refractivity contribution in [1.29, 1.82) is 0 Å². The highest BCUT2D eigenvalue weighted by Gasteiger charge is 2.19. The summed E-state index contributed by atoms with van der Waals surface area (Å²) in [6.07, 6.45) is 10.8. The maximum atomic E-state index is 5.39. The van der Waals surface area contributed by atoms with Crippen LogP contribution in [-0.2, 0) is 0 Å². The molecule has 5 heteroatoms. The molecule has 4 nitrogen and oxygen atoms in total. The summed E-state index contributed by atoms with van der Waals surface area (Å²) < 4.78 is 0. The van der Waals surface area contributed by atoms with Gasteiger partial charge < -0.3 is 15.5 Å². The maximum absolute atomic E-state index is 5.39. The summed E-state index contributed by atoms with van der Waals surface area (Å²) in [7, 11) is 0. The predicted molar refractivity (Wildman–Crippen MR) is 96.5 cm³/mol. The summed E-state index contributed by atoms with van der Waals surface area (Å²) in [5.74, 6) is 1.08. The van der Waals surface area contributed by atoms with Crippen LogP contribution in [0.25, 0.3) is 0 Å². The van der Waals surface area contributed by atoms with E-state index in [1.807, 2.05) is 6.20 Å². The summed E-state index contributed by atoms with van der Waals surface area (Å²) in [5.41, 5.74) is 0.962. The van der Waals surface area contributed by atoms with Crippen LogP contribution in [0.15, 0.2) is 18.3 Å². The van der Waals surface area contributed by atoms with Crippen LogP contribution in [-0.4, -0.2) is 28.7 Å². The molecule has 0 amide bonds. The number of hydrogen-bond acceptors (Lipinski definition) is 3. The number of aromatic nitrogens is 1. The van der Waals surface area contributed by atoms with Crippen molar-refractivity contribution in [3.8, 4) is 0 Å². The normalized spacial score (nSPS) is 22.6. The molecule has 1 saturated carbocycles. The molecule has 0 radical (unpaired) electrons. The van der Waals surface area contributed by atoms with Crippen molar-refractivity contribution in [1.82, 2.24) is 10.3 Å². The second-order valence-corrected chi connectivity index (χ2v) is 6.93. The van der Waals surface area contributed by atoms with Crippen molar-refractivity contribution in [3.05, 3.63) is 18.3 Å². The highest BCUT2D eigenvalue weighted by molar-refractivity contribution is 7.80. The van der Waals surface area contributed by atoms with Crippen LogP contribution in [0.1, 0.15) is 51.9 Å². The van der Waals surface area contributed by atoms with Gasteiger partial charge in [0.25, 0.3) is 0 Å². The van der Waals surface area contributed by atoms with E-state index in [1.54, 1.807) is 0 Å². The Morgan fingerprint density at radius 3 is 2.64 bits per heavy atom. The lowest BCUT2D eigenvalue weighted by atomic mass is 10.0. The minimum absolute atomic E-state index is 0.543. The molecule has 0 spiro atoms. The van der Waals surface area contributed by atoms with Gasteiger partial charge in [0.15, 0.2) is 5.11 Å². The van der Waals surface area contributed by atoms with Gasteiger partial charge in [-0.05, 0) is 63.4 Å². The zero-order valence-corrected chi connectivity index (χ0v) is 14.2. The van der Waals surface area contributed by atoms with Crippen molar-refractivity contribution in [3.63, 3.8) is 0 Å². The molecule has 2 N–H and O–H groups in total. The van der Waals surface area contributed by atoms with Crippen LogP contribution in [0, 0.1) is 0 Å². The minimum Gasteiger partial charge on any atom is -0.360 e. The van der Waals surface area contributed by atoms with Crippen LogP contribution in [0.5, 0.6) is 0 Å². The Labute approximate surface area is 138 Å². The fraction of sp³-hybridized carbons (Fsp3) is 0.647. The largest absolute Gasteiger partial charge is 0.360 e. The van der Waals surface area contributed by atoms with Crippen molar-refractivity contribution in [2.45, 2.75) is 64.0 Å². The highest BCUT2D eigenvalue weighted by Crippen LogP contribution is 2.23. The number of thiocarbonyl (C=S) groups is 1. The first-order chi connectivity index (χ1) is 10.7. The third-order valence-electron chi connectivity index (χ3n) is 4.79. The number of pyridine rings is 1. The summed E-state index contributed by atoms with van der Waals surface area (Å²) in [5, 5.41) is 7.36. The van der Waals surface area contributed by atoms with Crippen molar-refractivity contribution in [2.24, 2.45) is 0 Å². The Morgan fingerprint density at radius 1 is 1.18 bits per heavy atom. The molecule has 22 heavy (non-hydrogen) atoms. The molecule has 1 aliphatic heterocycles. The Kier molecular flexibility index (Phi) is 5.13. The van der Waals surface area contributed by atoms with Crippen molar-refractivity contribution in [2.75, 3.05) is 16.8 Å². The fourth-order valence-corrected chi connectivity index (χ4v) is 3.78. The fourth-order valence-electron chi connectivity index (χ4n) is 3.49. The minimum atomic E-state index is 0.543. The van der Waals surface area contributed by atoms with E-state index in [0.29, 0.717) is 17.2 Å². The topological polar surface area (TPSA) is 40.2 Å². The molecule has 1 aliphatic carbocycles. The Morgan fingerprint density at radius 2 is 1.95 bits per heavy atom. The molecule has 0 aromatic carbocycles. The quantitative estimate of drug-likeness (QED) is 0.832. The lowest BCUT2D eigenvalue weighted by molar-refractivity contribution is 0.481. The van der Waals surface area contributed by atoms with Crippen LogP contribution < -0.4 is 15.5 Å².